The fourth-order valence-electron chi connectivity index (χ4n) is 3.96. The Morgan fingerprint density at radius 2 is 1.60 bits per heavy atom. The first-order valence-electron chi connectivity index (χ1n) is 8.56. The number of piperidine rings is 1. The summed E-state index contributed by atoms with van der Waals surface area (Å²) in [7, 11) is 4.62. The number of hydrogen-bond acceptors (Lipinski definition) is 2. The minimum atomic E-state index is 0.310. The van der Waals surface area contributed by atoms with Crippen molar-refractivity contribution in [1.29, 1.82) is 0 Å². The number of rotatable bonds is 6. The zero-order valence-electron chi connectivity index (χ0n) is 15.3. The molecule has 0 spiro atoms. The van der Waals surface area contributed by atoms with E-state index in [-0.39, 0.29) is 0 Å². The standard InChI is InChI=1S/C18H38N2/c1-9-10-11-12-19(7)15(2)16-13-17(3,4)20(8)18(5,6)14-16/h15-16H,9-14H2,1-8H3. The van der Waals surface area contributed by atoms with Gasteiger partial charge in [-0.3, -0.25) is 4.90 Å². The summed E-state index contributed by atoms with van der Waals surface area (Å²) in [5.74, 6) is 0.808. The van der Waals surface area contributed by atoms with Crippen LogP contribution in [0.25, 0.3) is 0 Å². The summed E-state index contributed by atoms with van der Waals surface area (Å²) in [6.07, 6.45) is 6.65. The third-order valence-electron chi connectivity index (χ3n) is 5.83. The van der Waals surface area contributed by atoms with Crippen LogP contribution in [0, 0.1) is 5.92 Å². The number of likely N-dealkylation sites (tertiary alicyclic amines) is 1. The fourth-order valence-corrected chi connectivity index (χ4v) is 3.96. The molecule has 0 aromatic heterocycles. The lowest BCUT2D eigenvalue weighted by molar-refractivity contribution is -0.0480. The second-order valence-electron chi connectivity index (χ2n) is 8.28. The highest BCUT2D eigenvalue weighted by Gasteiger charge is 2.44. The van der Waals surface area contributed by atoms with Gasteiger partial charge >= 0.3 is 0 Å². The molecule has 0 bridgehead atoms. The number of hydrogen-bond donors (Lipinski definition) is 0. The molecule has 0 N–H and O–H groups in total. The molecule has 0 aliphatic carbocycles. The Kier molecular flexibility index (Phi) is 6.10. The predicted molar refractivity (Wildman–Crippen MR) is 90.3 cm³/mol. The van der Waals surface area contributed by atoms with Gasteiger partial charge in [0.05, 0.1) is 0 Å². The van der Waals surface area contributed by atoms with E-state index < -0.39 is 0 Å². The Labute approximate surface area is 127 Å². The van der Waals surface area contributed by atoms with E-state index in [9.17, 15) is 0 Å². The van der Waals surface area contributed by atoms with Crippen LogP contribution in [0.1, 0.15) is 73.6 Å². The van der Waals surface area contributed by atoms with Crippen molar-refractivity contribution < 1.29 is 0 Å². The highest BCUT2D eigenvalue weighted by molar-refractivity contribution is 5.00. The minimum absolute atomic E-state index is 0.310. The summed E-state index contributed by atoms with van der Waals surface area (Å²) in [5, 5.41) is 0. The monoisotopic (exact) mass is 282 g/mol. The van der Waals surface area contributed by atoms with Gasteiger partial charge in [-0.25, -0.2) is 0 Å². The van der Waals surface area contributed by atoms with Gasteiger partial charge in [0, 0.05) is 17.1 Å². The van der Waals surface area contributed by atoms with Gasteiger partial charge in [0.1, 0.15) is 0 Å². The number of nitrogens with zero attached hydrogens (tertiary/aromatic N) is 2. The van der Waals surface area contributed by atoms with Crippen LogP contribution in [-0.4, -0.2) is 47.6 Å². The summed E-state index contributed by atoms with van der Waals surface area (Å²) >= 11 is 0. The molecule has 0 amide bonds. The Bertz CT molecular complexity index is 278. The van der Waals surface area contributed by atoms with Crippen molar-refractivity contribution in [2.75, 3.05) is 20.6 Å². The molecule has 1 rings (SSSR count). The largest absolute Gasteiger partial charge is 0.303 e. The molecular formula is C18H38N2. The molecule has 120 valence electrons. The molecule has 1 aliphatic rings. The Morgan fingerprint density at radius 3 is 2.05 bits per heavy atom. The highest BCUT2D eigenvalue weighted by atomic mass is 15.2. The molecule has 0 saturated carbocycles. The van der Waals surface area contributed by atoms with Crippen molar-refractivity contribution in [1.82, 2.24) is 9.80 Å². The molecule has 0 radical (unpaired) electrons. The average molecular weight is 283 g/mol. The van der Waals surface area contributed by atoms with Gasteiger partial charge < -0.3 is 4.90 Å². The highest BCUT2D eigenvalue weighted by Crippen LogP contribution is 2.42. The van der Waals surface area contributed by atoms with Gasteiger partial charge in [0.25, 0.3) is 0 Å². The topological polar surface area (TPSA) is 6.48 Å². The lowest BCUT2D eigenvalue weighted by Gasteiger charge is -2.55. The maximum atomic E-state index is 2.60. The molecule has 0 aromatic carbocycles. The summed E-state index contributed by atoms with van der Waals surface area (Å²) in [6.45, 7) is 15.6. The lowest BCUT2D eigenvalue weighted by Crippen LogP contribution is -2.60. The summed E-state index contributed by atoms with van der Waals surface area (Å²) in [5.41, 5.74) is 0.621. The van der Waals surface area contributed by atoms with E-state index in [4.69, 9.17) is 0 Å². The third-order valence-corrected chi connectivity index (χ3v) is 5.83. The van der Waals surface area contributed by atoms with E-state index >= 15 is 0 Å². The van der Waals surface area contributed by atoms with Crippen molar-refractivity contribution in [2.24, 2.45) is 5.92 Å². The van der Waals surface area contributed by atoms with Crippen molar-refractivity contribution in [3.63, 3.8) is 0 Å². The fraction of sp³-hybridized carbons (Fsp3) is 1.00. The van der Waals surface area contributed by atoms with E-state index in [1.807, 2.05) is 0 Å². The molecule has 1 atom stereocenters. The van der Waals surface area contributed by atoms with Gasteiger partial charge in [-0.2, -0.15) is 0 Å². The van der Waals surface area contributed by atoms with Crippen molar-refractivity contribution in [2.45, 2.75) is 90.8 Å². The van der Waals surface area contributed by atoms with Crippen LogP contribution in [0.5, 0.6) is 0 Å². The molecule has 0 aromatic rings. The molecule has 1 saturated heterocycles. The first kappa shape index (κ1) is 18.0. The quantitative estimate of drug-likeness (QED) is 0.666. The van der Waals surface area contributed by atoms with Gasteiger partial charge in [-0.05, 0) is 80.4 Å². The van der Waals surface area contributed by atoms with Crippen LogP contribution >= 0.6 is 0 Å². The smallest absolute Gasteiger partial charge is 0.0158 e. The first-order valence-corrected chi connectivity index (χ1v) is 8.56. The van der Waals surface area contributed by atoms with Crippen LogP contribution in [0.3, 0.4) is 0 Å². The van der Waals surface area contributed by atoms with E-state index in [0.717, 1.165) is 5.92 Å². The zero-order valence-corrected chi connectivity index (χ0v) is 15.3. The summed E-state index contributed by atoms with van der Waals surface area (Å²) < 4.78 is 0. The van der Waals surface area contributed by atoms with E-state index in [1.54, 1.807) is 0 Å². The summed E-state index contributed by atoms with van der Waals surface area (Å²) in [6, 6.07) is 0.694. The van der Waals surface area contributed by atoms with Crippen molar-refractivity contribution >= 4 is 0 Å². The van der Waals surface area contributed by atoms with Crippen LogP contribution < -0.4 is 0 Å². The van der Waals surface area contributed by atoms with Gasteiger partial charge in [-0.15, -0.1) is 0 Å². The van der Waals surface area contributed by atoms with Gasteiger partial charge in [-0.1, -0.05) is 19.8 Å². The molecule has 1 aliphatic heterocycles. The van der Waals surface area contributed by atoms with Crippen LogP contribution in [0.4, 0.5) is 0 Å². The second-order valence-corrected chi connectivity index (χ2v) is 8.28. The average Bonchev–Trinajstić information content (AvgIpc) is 2.34. The predicted octanol–water partition coefficient (Wildman–Crippen LogP) is 4.40. The SMILES string of the molecule is CCCCCN(C)C(C)C1CC(C)(C)N(C)C(C)(C)C1. The summed E-state index contributed by atoms with van der Waals surface area (Å²) in [4.78, 5) is 5.18. The third kappa shape index (κ3) is 4.21. The minimum Gasteiger partial charge on any atom is -0.303 e. The molecular weight excluding hydrogens is 244 g/mol. The second kappa shape index (κ2) is 6.79. The molecule has 1 fully saturated rings. The zero-order chi connectivity index (χ0) is 15.6. The molecule has 1 heterocycles. The molecule has 2 heteroatoms. The normalized spacial score (nSPS) is 25.1. The van der Waals surface area contributed by atoms with Gasteiger partial charge in [0.15, 0.2) is 0 Å². The Hall–Kier alpha value is -0.0800. The molecule has 1 unspecified atom stereocenters. The first-order chi connectivity index (χ1) is 9.12. The molecule has 20 heavy (non-hydrogen) atoms. The van der Waals surface area contributed by atoms with Gasteiger partial charge in [0.2, 0.25) is 0 Å². The van der Waals surface area contributed by atoms with E-state index in [2.05, 4.69) is 65.4 Å². The Morgan fingerprint density at radius 1 is 1.10 bits per heavy atom. The van der Waals surface area contributed by atoms with Crippen molar-refractivity contribution in [3.8, 4) is 0 Å². The van der Waals surface area contributed by atoms with Crippen LogP contribution in [0.2, 0.25) is 0 Å². The maximum absolute atomic E-state index is 2.60. The maximum Gasteiger partial charge on any atom is 0.0158 e. The van der Waals surface area contributed by atoms with Crippen LogP contribution in [-0.2, 0) is 0 Å². The van der Waals surface area contributed by atoms with Crippen LogP contribution in [0.15, 0.2) is 0 Å². The lowest BCUT2D eigenvalue weighted by atomic mass is 9.71. The molecule has 2 nitrogen and oxygen atoms in total. The Balaban J connectivity index is 2.66. The number of unbranched alkanes of at least 4 members (excludes halogenated alkanes) is 2. The van der Waals surface area contributed by atoms with Crippen molar-refractivity contribution in [3.05, 3.63) is 0 Å². The van der Waals surface area contributed by atoms with E-state index in [1.165, 1.54) is 38.6 Å². The van der Waals surface area contributed by atoms with E-state index in [0.29, 0.717) is 17.1 Å².